The summed E-state index contributed by atoms with van der Waals surface area (Å²) >= 11 is 3.33. The Kier molecular flexibility index (Phi) is 2.87. The van der Waals surface area contributed by atoms with Crippen molar-refractivity contribution in [2.24, 2.45) is 0 Å². The zero-order valence-corrected chi connectivity index (χ0v) is 10.3. The largest absolute Gasteiger partial charge is 0.493 e. The van der Waals surface area contributed by atoms with Crippen LogP contribution < -0.4 is 15.1 Å². The fourth-order valence-corrected chi connectivity index (χ4v) is 2.14. The lowest BCUT2D eigenvalue weighted by Gasteiger charge is -2.10. The van der Waals surface area contributed by atoms with Crippen LogP contribution >= 0.6 is 15.9 Å². The van der Waals surface area contributed by atoms with E-state index < -0.39 is 5.63 Å². The lowest BCUT2D eigenvalue weighted by molar-refractivity contribution is 0.353. The Balaban J connectivity index is 2.87. The van der Waals surface area contributed by atoms with Gasteiger partial charge >= 0.3 is 5.63 Å². The summed E-state index contributed by atoms with van der Waals surface area (Å²) in [5.41, 5.74) is 0.0468. The maximum absolute atomic E-state index is 11.1. The molecule has 4 nitrogen and oxygen atoms in total. The fourth-order valence-electron chi connectivity index (χ4n) is 1.47. The van der Waals surface area contributed by atoms with Crippen LogP contribution in [-0.4, -0.2) is 14.2 Å². The molecule has 1 aromatic heterocycles. The molecule has 0 atom stereocenters. The normalized spacial score (nSPS) is 10.4. The summed E-state index contributed by atoms with van der Waals surface area (Å²) in [5, 5.41) is 0.768. The lowest BCUT2D eigenvalue weighted by Crippen LogP contribution is -1.97. The number of fused-ring (bicyclic) bond motifs is 1. The van der Waals surface area contributed by atoms with Crippen LogP contribution in [0.25, 0.3) is 11.0 Å². The molecule has 1 heterocycles. The topological polar surface area (TPSA) is 48.7 Å². The molecule has 1 aromatic carbocycles. The highest BCUT2D eigenvalue weighted by Crippen LogP contribution is 2.40. The summed E-state index contributed by atoms with van der Waals surface area (Å²) in [6.45, 7) is 0. The first-order valence-electron chi connectivity index (χ1n) is 4.51. The highest BCUT2D eigenvalue weighted by molar-refractivity contribution is 9.10. The second-order valence-corrected chi connectivity index (χ2v) is 3.89. The molecule has 2 rings (SSSR count). The zero-order chi connectivity index (χ0) is 11.7. The Bertz CT molecular complexity index is 588. The van der Waals surface area contributed by atoms with Gasteiger partial charge in [0.1, 0.15) is 4.47 Å². The van der Waals surface area contributed by atoms with Crippen LogP contribution in [0.15, 0.2) is 31.9 Å². The summed E-state index contributed by atoms with van der Waals surface area (Å²) < 4.78 is 16.0. The minimum absolute atomic E-state index is 0.402. The van der Waals surface area contributed by atoms with Crippen LogP contribution in [0.5, 0.6) is 11.5 Å². The van der Waals surface area contributed by atoms with Gasteiger partial charge in [0.2, 0.25) is 0 Å². The third kappa shape index (κ3) is 1.67. The third-order valence-electron chi connectivity index (χ3n) is 2.20. The van der Waals surface area contributed by atoms with Gasteiger partial charge in [-0.1, -0.05) is 0 Å². The molecule has 16 heavy (non-hydrogen) atoms. The predicted molar refractivity (Wildman–Crippen MR) is 63.3 cm³/mol. The molecule has 0 unspecified atom stereocenters. The van der Waals surface area contributed by atoms with E-state index >= 15 is 0 Å². The molecule has 0 bridgehead atoms. The second-order valence-electron chi connectivity index (χ2n) is 3.10. The Labute approximate surface area is 99.9 Å². The highest BCUT2D eigenvalue weighted by Gasteiger charge is 2.14. The first-order valence-corrected chi connectivity index (χ1v) is 5.31. The number of halogens is 1. The molecule has 5 heteroatoms. The maximum atomic E-state index is 11.1. The van der Waals surface area contributed by atoms with Crippen molar-refractivity contribution >= 4 is 26.9 Å². The van der Waals surface area contributed by atoms with Gasteiger partial charge in [0.15, 0.2) is 17.1 Å². The van der Waals surface area contributed by atoms with Crippen LogP contribution in [-0.2, 0) is 0 Å². The van der Waals surface area contributed by atoms with Crippen molar-refractivity contribution in [3.05, 3.63) is 33.1 Å². The van der Waals surface area contributed by atoms with Crippen LogP contribution in [0.2, 0.25) is 0 Å². The van der Waals surface area contributed by atoms with Gasteiger partial charge in [-0.25, -0.2) is 4.79 Å². The van der Waals surface area contributed by atoms with Crippen molar-refractivity contribution in [2.45, 2.75) is 0 Å². The Hall–Kier alpha value is -1.49. The van der Waals surface area contributed by atoms with Crippen molar-refractivity contribution in [1.29, 1.82) is 0 Å². The van der Waals surface area contributed by atoms with Gasteiger partial charge in [-0.15, -0.1) is 0 Å². The van der Waals surface area contributed by atoms with E-state index in [1.165, 1.54) is 13.2 Å². The van der Waals surface area contributed by atoms with Gasteiger partial charge in [-0.2, -0.15) is 0 Å². The Morgan fingerprint density at radius 2 is 2.00 bits per heavy atom. The second kappa shape index (κ2) is 4.17. The summed E-state index contributed by atoms with van der Waals surface area (Å²) in [7, 11) is 3.07. The summed E-state index contributed by atoms with van der Waals surface area (Å²) in [6.07, 6.45) is 0. The predicted octanol–water partition coefficient (Wildman–Crippen LogP) is 2.57. The van der Waals surface area contributed by atoms with E-state index in [0.29, 0.717) is 21.6 Å². The molecule has 0 N–H and O–H groups in total. The van der Waals surface area contributed by atoms with Gasteiger partial charge in [0.05, 0.1) is 14.2 Å². The highest BCUT2D eigenvalue weighted by atomic mass is 79.9. The van der Waals surface area contributed by atoms with Crippen LogP contribution in [0, 0.1) is 0 Å². The standard InChI is InChI=1S/C11H9BrO4/c1-14-7-5-6-3-4-8(13)16-10(6)9(12)11(7)15-2/h3-5H,1-2H3. The molecular formula is C11H9BrO4. The molecule has 0 radical (unpaired) electrons. The Morgan fingerprint density at radius 3 is 2.62 bits per heavy atom. The van der Waals surface area contributed by atoms with Crippen LogP contribution in [0.3, 0.4) is 0 Å². The zero-order valence-electron chi connectivity index (χ0n) is 8.74. The van der Waals surface area contributed by atoms with Crippen molar-refractivity contribution < 1.29 is 13.9 Å². The molecular weight excluding hydrogens is 276 g/mol. The van der Waals surface area contributed by atoms with Crippen molar-refractivity contribution in [3.63, 3.8) is 0 Å². The smallest absolute Gasteiger partial charge is 0.336 e. The molecule has 0 saturated carbocycles. The van der Waals surface area contributed by atoms with E-state index in [2.05, 4.69) is 15.9 Å². The molecule has 0 amide bonds. The number of hydrogen-bond acceptors (Lipinski definition) is 4. The van der Waals surface area contributed by atoms with E-state index in [-0.39, 0.29) is 0 Å². The van der Waals surface area contributed by atoms with Crippen molar-refractivity contribution in [3.8, 4) is 11.5 Å². The molecule has 0 aliphatic heterocycles. The monoisotopic (exact) mass is 284 g/mol. The van der Waals surface area contributed by atoms with Gasteiger partial charge in [-0.3, -0.25) is 0 Å². The van der Waals surface area contributed by atoms with E-state index in [4.69, 9.17) is 13.9 Å². The molecule has 84 valence electrons. The summed E-state index contributed by atoms with van der Waals surface area (Å²) in [4.78, 5) is 11.1. The van der Waals surface area contributed by atoms with E-state index in [9.17, 15) is 4.79 Å². The van der Waals surface area contributed by atoms with Gasteiger partial charge in [-0.05, 0) is 28.1 Å². The van der Waals surface area contributed by atoms with Crippen LogP contribution in [0.1, 0.15) is 0 Å². The first-order chi connectivity index (χ1) is 7.67. The minimum Gasteiger partial charge on any atom is -0.493 e. The summed E-state index contributed by atoms with van der Waals surface area (Å²) in [6, 6.07) is 4.79. The Morgan fingerprint density at radius 1 is 1.25 bits per heavy atom. The molecule has 0 fully saturated rings. The molecule has 0 aliphatic rings. The average molecular weight is 285 g/mol. The minimum atomic E-state index is -0.402. The maximum Gasteiger partial charge on any atom is 0.336 e. The average Bonchev–Trinajstić information content (AvgIpc) is 2.29. The molecule has 2 aromatic rings. The third-order valence-corrected chi connectivity index (χ3v) is 2.92. The molecule has 0 saturated heterocycles. The van der Waals surface area contributed by atoms with Gasteiger partial charge in [0, 0.05) is 11.5 Å². The number of hydrogen-bond donors (Lipinski definition) is 0. The number of benzene rings is 1. The van der Waals surface area contributed by atoms with E-state index in [0.717, 1.165) is 5.39 Å². The van der Waals surface area contributed by atoms with Crippen molar-refractivity contribution in [2.75, 3.05) is 14.2 Å². The first kappa shape index (κ1) is 11.0. The van der Waals surface area contributed by atoms with Gasteiger partial charge < -0.3 is 13.9 Å². The number of rotatable bonds is 2. The summed E-state index contributed by atoms with van der Waals surface area (Å²) in [5.74, 6) is 1.08. The number of methoxy groups -OCH3 is 2. The SMILES string of the molecule is COc1cc2ccc(=O)oc2c(Br)c1OC. The number of ether oxygens (including phenoxy) is 2. The quantitative estimate of drug-likeness (QED) is 0.796. The van der Waals surface area contributed by atoms with Gasteiger partial charge in [0.25, 0.3) is 0 Å². The molecule has 0 spiro atoms. The van der Waals surface area contributed by atoms with Crippen molar-refractivity contribution in [1.82, 2.24) is 0 Å². The van der Waals surface area contributed by atoms with E-state index in [1.54, 1.807) is 19.2 Å². The van der Waals surface area contributed by atoms with E-state index in [1.807, 2.05) is 0 Å². The fraction of sp³-hybridized carbons (Fsp3) is 0.182. The van der Waals surface area contributed by atoms with Crippen LogP contribution in [0.4, 0.5) is 0 Å². The lowest BCUT2D eigenvalue weighted by atomic mass is 10.2. The molecule has 0 aliphatic carbocycles.